The van der Waals surface area contributed by atoms with Gasteiger partial charge in [-0.25, -0.2) is 4.79 Å². The number of aromatic nitrogens is 2. The Kier molecular flexibility index (Phi) is 2.43. The van der Waals surface area contributed by atoms with E-state index in [1.54, 1.807) is 23.1 Å². The first-order chi connectivity index (χ1) is 5.29. The highest BCUT2D eigenvalue weighted by Crippen LogP contribution is 1.85. The highest BCUT2D eigenvalue weighted by atomic mass is 16.4. The summed E-state index contributed by atoms with van der Waals surface area (Å²) in [5, 5.41) is 12.1. The number of carboxylic acid groups (broad SMARTS) is 1. The largest absolute Gasteiger partial charge is 0.478 e. The monoisotopic (exact) mass is 152 g/mol. The smallest absolute Gasteiger partial charge is 0.328 e. The quantitative estimate of drug-likeness (QED) is 0.642. The molecule has 1 rings (SSSR count). The Balaban J connectivity index is 2.40. The molecule has 0 aromatic carbocycles. The summed E-state index contributed by atoms with van der Waals surface area (Å²) in [5.74, 6) is -0.933. The van der Waals surface area contributed by atoms with Crippen molar-refractivity contribution in [3.63, 3.8) is 0 Å². The maximum Gasteiger partial charge on any atom is 0.328 e. The maximum absolute atomic E-state index is 10.0. The minimum Gasteiger partial charge on any atom is -0.478 e. The average molecular weight is 152 g/mol. The topological polar surface area (TPSA) is 55.1 Å². The lowest BCUT2D eigenvalue weighted by Crippen LogP contribution is -1.95. The molecule has 0 spiro atoms. The van der Waals surface area contributed by atoms with E-state index in [4.69, 9.17) is 5.11 Å². The van der Waals surface area contributed by atoms with Gasteiger partial charge in [-0.05, 0) is 6.07 Å². The van der Waals surface area contributed by atoms with Gasteiger partial charge in [-0.1, -0.05) is 6.08 Å². The summed E-state index contributed by atoms with van der Waals surface area (Å²) in [6.07, 6.45) is 6.05. The molecule has 1 N–H and O–H groups in total. The molecule has 1 aromatic rings. The van der Waals surface area contributed by atoms with Crippen molar-refractivity contribution in [1.29, 1.82) is 0 Å². The van der Waals surface area contributed by atoms with E-state index >= 15 is 0 Å². The van der Waals surface area contributed by atoms with Crippen LogP contribution in [0.2, 0.25) is 0 Å². The lowest BCUT2D eigenvalue weighted by Gasteiger charge is -1.91. The molecule has 0 radical (unpaired) electrons. The predicted molar refractivity (Wildman–Crippen MR) is 39.0 cm³/mol. The van der Waals surface area contributed by atoms with Crippen molar-refractivity contribution in [3.05, 3.63) is 30.6 Å². The Labute approximate surface area is 63.8 Å². The summed E-state index contributed by atoms with van der Waals surface area (Å²) < 4.78 is 1.64. The van der Waals surface area contributed by atoms with Gasteiger partial charge < -0.3 is 5.11 Å². The highest BCUT2D eigenvalue weighted by molar-refractivity contribution is 5.79. The molecular formula is C7H8N2O2. The summed E-state index contributed by atoms with van der Waals surface area (Å²) in [5.41, 5.74) is 0. The third kappa shape index (κ3) is 2.66. The van der Waals surface area contributed by atoms with E-state index in [-0.39, 0.29) is 0 Å². The van der Waals surface area contributed by atoms with Gasteiger partial charge in [0, 0.05) is 18.5 Å². The summed E-state index contributed by atoms with van der Waals surface area (Å²) in [4.78, 5) is 10.0. The number of carbonyl (C=O) groups is 1. The van der Waals surface area contributed by atoms with Crippen molar-refractivity contribution in [2.24, 2.45) is 0 Å². The summed E-state index contributed by atoms with van der Waals surface area (Å²) in [6, 6.07) is 1.79. The number of carboxylic acids is 1. The second-order valence-electron chi connectivity index (χ2n) is 1.97. The Morgan fingerprint density at radius 3 is 3.09 bits per heavy atom. The molecule has 1 aromatic heterocycles. The average Bonchev–Trinajstić information content (AvgIpc) is 2.39. The van der Waals surface area contributed by atoms with E-state index < -0.39 is 5.97 Å². The molecule has 11 heavy (non-hydrogen) atoms. The van der Waals surface area contributed by atoms with Gasteiger partial charge in [-0.2, -0.15) is 5.10 Å². The number of hydrogen-bond donors (Lipinski definition) is 1. The molecule has 0 amide bonds. The SMILES string of the molecule is O=C(O)C=CCn1cccn1. The first-order valence-corrected chi connectivity index (χ1v) is 3.16. The minimum atomic E-state index is -0.933. The molecule has 0 aliphatic carbocycles. The third-order valence-corrected chi connectivity index (χ3v) is 1.11. The molecule has 0 saturated carbocycles. The third-order valence-electron chi connectivity index (χ3n) is 1.11. The van der Waals surface area contributed by atoms with Crippen molar-refractivity contribution >= 4 is 5.97 Å². The summed E-state index contributed by atoms with van der Waals surface area (Å²) in [7, 11) is 0. The lowest BCUT2D eigenvalue weighted by molar-refractivity contribution is -0.131. The Bertz CT molecular complexity index is 251. The van der Waals surface area contributed by atoms with E-state index in [1.807, 2.05) is 0 Å². The first-order valence-electron chi connectivity index (χ1n) is 3.16. The zero-order valence-corrected chi connectivity index (χ0v) is 5.84. The molecule has 0 aliphatic heterocycles. The lowest BCUT2D eigenvalue weighted by atomic mass is 10.5. The summed E-state index contributed by atoms with van der Waals surface area (Å²) in [6.45, 7) is 0.499. The van der Waals surface area contributed by atoms with Crippen LogP contribution in [0.25, 0.3) is 0 Å². The fraction of sp³-hybridized carbons (Fsp3) is 0.143. The molecule has 58 valence electrons. The van der Waals surface area contributed by atoms with Crippen molar-refractivity contribution in [1.82, 2.24) is 9.78 Å². The van der Waals surface area contributed by atoms with Crippen LogP contribution in [-0.2, 0) is 11.3 Å². The van der Waals surface area contributed by atoms with Gasteiger partial charge in [0.25, 0.3) is 0 Å². The Morgan fingerprint density at radius 2 is 2.55 bits per heavy atom. The fourth-order valence-corrected chi connectivity index (χ4v) is 0.670. The van der Waals surface area contributed by atoms with Crippen LogP contribution in [0.4, 0.5) is 0 Å². The van der Waals surface area contributed by atoms with Crippen molar-refractivity contribution in [3.8, 4) is 0 Å². The Hall–Kier alpha value is -1.58. The van der Waals surface area contributed by atoms with Crippen molar-refractivity contribution in [2.45, 2.75) is 6.54 Å². The molecule has 0 aliphatic rings. The molecule has 0 bridgehead atoms. The van der Waals surface area contributed by atoms with Gasteiger partial charge in [0.05, 0.1) is 6.54 Å². The number of nitrogens with zero attached hydrogens (tertiary/aromatic N) is 2. The van der Waals surface area contributed by atoms with Gasteiger partial charge in [0.1, 0.15) is 0 Å². The molecule has 0 saturated heterocycles. The Morgan fingerprint density at radius 1 is 1.73 bits per heavy atom. The normalized spacial score (nSPS) is 10.5. The molecule has 0 fully saturated rings. The van der Waals surface area contributed by atoms with E-state index in [2.05, 4.69) is 5.10 Å². The van der Waals surface area contributed by atoms with E-state index in [0.717, 1.165) is 6.08 Å². The zero-order valence-electron chi connectivity index (χ0n) is 5.84. The summed E-state index contributed by atoms with van der Waals surface area (Å²) >= 11 is 0. The number of aliphatic carboxylic acids is 1. The standard InChI is InChI=1S/C7H8N2O2/c10-7(11)3-1-5-9-6-2-4-8-9/h1-4,6H,5H2,(H,10,11). The van der Waals surface area contributed by atoms with Crippen LogP contribution >= 0.6 is 0 Å². The van der Waals surface area contributed by atoms with Crippen LogP contribution in [0.1, 0.15) is 0 Å². The van der Waals surface area contributed by atoms with Crippen LogP contribution in [0.3, 0.4) is 0 Å². The van der Waals surface area contributed by atoms with Crippen LogP contribution < -0.4 is 0 Å². The van der Waals surface area contributed by atoms with Crippen LogP contribution in [0.15, 0.2) is 30.6 Å². The van der Waals surface area contributed by atoms with Crippen molar-refractivity contribution in [2.75, 3.05) is 0 Å². The van der Waals surface area contributed by atoms with Gasteiger partial charge in [-0.3, -0.25) is 4.68 Å². The molecule has 4 nitrogen and oxygen atoms in total. The van der Waals surface area contributed by atoms with Crippen molar-refractivity contribution < 1.29 is 9.90 Å². The van der Waals surface area contributed by atoms with E-state index in [0.29, 0.717) is 6.54 Å². The maximum atomic E-state index is 10.0. The van der Waals surface area contributed by atoms with Gasteiger partial charge in [0.2, 0.25) is 0 Å². The second kappa shape index (κ2) is 3.55. The fourth-order valence-electron chi connectivity index (χ4n) is 0.670. The van der Waals surface area contributed by atoms with E-state index in [1.165, 1.54) is 6.08 Å². The highest BCUT2D eigenvalue weighted by Gasteiger charge is 1.86. The van der Waals surface area contributed by atoms with Gasteiger partial charge in [0.15, 0.2) is 0 Å². The van der Waals surface area contributed by atoms with Crippen LogP contribution in [-0.4, -0.2) is 20.9 Å². The molecule has 0 atom stereocenters. The molecule has 0 unspecified atom stereocenters. The van der Waals surface area contributed by atoms with Crippen LogP contribution in [0.5, 0.6) is 0 Å². The van der Waals surface area contributed by atoms with Gasteiger partial charge >= 0.3 is 5.97 Å². The van der Waals surface area contributed by atoms with Gasteiger partial charge in [-0.15, -0.1) is 0 Å². The molecular weight excluding hydrogens is 144 g/mol. The number of hydrogen-bond acceptors (Lipinski definition) is 2. The number of allylic oxidation sites excluding steroid dienone is 1. The first kappa shape index (κ1) is 7.53. The second-order valence-corrected chi connectivity index (χ2v) is 1.97. The molecule has 1 heterocycles. The minimum absolute atomic E-state index is 0.499. The number of rotatable bonds is 3. The zero-order chi connectivity index (χ0) is 8.10. The molecule has 4 heteroatoms. The van der Waals surface area contributed by atoms with E-state index in [9.17, 15) is 4.79 Å². The predicted octanol–water partition coefficient (Wildman–Crippen LogP) is 0.524. The van der Waals surface area contributed by atoms with Crippen LogP contribution in [0, 0.1) is 0 Å².